The number of aromatic nitrogens is 4. The lowest BCUT2D eigenvalue weighted by Crippen LogP contribution is -2.44. The Hall–Kier alpha value is -2.15. The Kier molecular flexibility index (Phi) is 3.04. The fraction of sp³-hybridized carbons (Fsp3) is 0.417. The van der Waals surface area contributed by atoms with Gasteiger partial charge in [0.1, 0.15) is 18.0 Å². The van der Waals surface area contributed by atoms with Gasteiger partial charge in [0.05, 0.1) is 0 Å². The van der Waals surface area contributed by atoms with Crippen LogP contribution in [0.4, 0.5) is 11.8 Å². The molecule has 0 spiro atoms. The highest BCUT2D eigenvalue weighted by molar-refractivity contribution is 5.48. The maximum atomic E-state index is 5.81. The van der Waals surface area contributed by atoms with Crippen molar-refractivity contribution >= 4 is 11.8 Å². The van der Waals surface area contributed by atoms with Crippen LogP contribution in [0, 0.1) is 0 Å². The summed E-state index contributed by atoms with van der Waals surface area (Å²) in [4.78, 5) is 17.1. The van der Waals surface area contributed by atoms with E-state index in [0.29, 0.717) is 5.95 Å². The number of rotatable bonds is 2. The van der Waals surface area contributed by atoms with Gasteiger partial charge in [-0.25, -0.2) is 4.98 Å². The van der Waals surface area contributed by atoms with Crippen molar-refractivity contribution in [1.82, 2.24) is 24.4 Å². The zero-order valence-electron chi connectivity index (χ0n) is 10.9. The van der Waals surface area contributed by atoms with E-state index in [-0.39, 0.29) is 0 Å². The second-order valence-corrected chi connectivity index (χ2v) is 4.70. The van der Waals surface area contributed by atoms with Crippen LogP contribution >= 0.6 is 0 Å². The molecule has 2 aromatic rings. The smallest absolute Gasteiger partial charge is 0.223 e. The molecule has 0 aliphatic carbocycles. The summed E-state index contributed by atoms with van der Waals surface area (Å²) in [6.07, 6.45) is 5.26. The van der Waals surface area contributed by atoms with Gasteiger partial charge < -0.3 is 15.5 Å². The average Bonchev–Trinajstić information content (AvgIpc) is 2.93. The third-order valence-electron chi connectivity index (χ3n) is 3.31. The summed E-state index contributed by atoms with van der Waals surface area (Å²) in [5.74, 6) is 1.92. The first kappa shape index (κ1) is 11.9. The van der Waals surface area contributed by atoms with Crippen molar-refractivity contribution in [2.75, 3.05) is 43.9 Å². The molecule has 0 aromatic carbocycles. The third-order valence-corrected chi connectivity index (χ3v) is 3.31. The normalized spacial score (nSPS) is 16.8. The van der Waals surface area contributed by atoms with Crippen LogP contribution in [0.1, 0.15) is 0 Å². The van der Waals surface area contributed by atoms with E-state index in [2.05, 4.69) is 31.8 Å². The molecule has 1 aliphatic rings. The fourth-order valence-corrected chi connectivity index (χ4v) is 2.16. The number of nitrogen functional groups attached to an aromatic ring is 1. The van der Waals surface area contributed by atoms with E-state index in [4.69, 9.17) is 5.73 Å². The van der Waals surface area contributed by atoms with Crippen LogP contribution < -0.4 is 10.6 Å². The fourth-order valence-electron chi connectivity index (χ4n) is 2.16. The minimum Gasteiger partial charge on any atom is -0.368 e. The Morgan fingerprint density at radius 3 is 2.53 bits per heavy atom. The Morgan fingerprint density at radius 1 is 1.11 bits per heavy atom. The lowest BCUT2D eigenvalue weighted by molar-refractivity contribution is 0.312. The molecule has 0 atom stereocenters. The molecule has 3 rings (SSSR count). The summed E-state index contributed by atoms with van der Waals surface area (Å²) in [6.45, 7) is 3.97. The van der Waals surface area contributed by atoms with Crippen molar-refractivity contribution in [3.8, 4) is 5.82 Å². The average molecular weight is 259 g/mol. The number of hydrogen-bond acceptors (Lipinski definition) is 6. The van der Waals surface area contributed by atoms with Crippen LogP contribution in [0.25, 0.3) is 5.82 Å². The second kappa shape index (κ2) is 4.85. The standard InChI is InChI=1S/C12H17N7/c1-17-4-6-18(7-5-17)10-8-11(16-12(13)15-10)19-3-2-14-9-19/h2-3,8-9H,4-7H2,1H3,(H2,13,15,16). The Bertz CT molecular complexity index is 543. The van der Waals surface area contributed by atoms with E-state index < -0.39 is 0 Å². The van der Waals surface area contributed by atoms with Gasteiger partial charge in [0.15, 0.2) is 0 Å². The van der Waals surface area contributed by atoms with Gasteiger partial charge >= 0.3 is 0 Å². The van der Waals surface area contributed by atoms with Crippen LogP contribution in [0.2, 0.25) is 0 Å². The molecule has 100 valence electrons. The molecule has 1 aliphatic heterocycles. The number of nitrogens with zero attached hydrogens (tertiary/aromatic N) is 6. The molecule has 0 saturated carbocycles. The van der Waals surface area contributed by atoms with Gasteiger partial charge in [-0.15, -0.1) is 0 Å². The molecule has 0 bridgehead atoms. The largest absolute Gasteiger partial charge is 0.368 e. The molecular formula is C12H17N7. The van der Waals surface area contributed by atoms with Gasteiger partial charge in [-0.2, -0.15) is 9.97 Å². The van der Waals surface area contributed by atoms with E-state index in [1.54, 1.807) is 12.5 Å². The first-order valence-electron chi connectivity index (χ1n) is 6.29. The van der Waals surface area contributed by atoms with Crippen LogP contribution in [-0.2, 0) is 0 Å². The van der Waals surface area contributed by atoms with Crippen molar-refractivity contribution in [3.05, 3.63) is 24.8 Å². The maximum Gasteiger partial charge on any atom is 0.223 e. The maximum absolute atomic E-state index is 5.81. The summed E-state index contributed by atoms with van der Waals surface area (Å²) in [7, 11) is 2.13. The second-order valence-electron chi connectivity index (χ2n) is 4.70. The minimum absolute atomic E-state index is 0.292. The Labute approximate surface area is 111 Å². The molecular weight excluding hydrogens is 242 g/mol. The predicted molar refractivity (Wildman–Crippen MR) is 73.3 cm³/mol. The summed E-state index contributed by atoms with van der Waals surface area (Å²) >= 11 is 0. The van der Waals surface area contributed by atoms with Gasteiger partial charge in [0.2, 0.25) is 5.95 Å². The molecule has 1 saturated heterocycles. The highest BCUT2D eigenvalue weighted by Gasteiger charge is 2.16. The molecule has 2 aromatic heterocycles. The highest BCUT2D eigenvalue weighted by Crippen LogP contribution is 2.17. The Morgan fingerprint density at radius 2 is 1.84 bits per heavy atom. The number of piperazine rings is 1. The topological polar surface area (TPSA) is 76.1 Å². The van der Waals surface area contributed by atoms with Crippen molar-refractivity contribution in [2.24, 2.45) is 0 Å². The number of likely N-dealkylation sites (N-methyl/N-ethyl adjacent to an activating group) is 1. The lowest BCUT2D eigenvalue weighted by Gasteiger charge is -2.33. The molecule has 7 heteroatoms. The first-order chi connectivity index (χ1) is 9.22. The van der Waals surface area contributed by atoms with Gasteiger partial charge in [-0.1, -0.05) is 0 Å². The molecule has 1 fully saturated rings. The SMILES string of the molecule is CN1CCN(c2cc(-n3ccnc3)nc(N)n2)CC1. The zero-order chi connectivity index (χ0) is 13.2. The number of nitrogens with two attached hydrogens (primary N) is 1. The van der Waals surface area contributed by atoms with Gasteiger partial charge in [0.25, 0.3) is 0 Å². The van der Waals surface area contributed by atoms with E-state index >= 15 is 0 Å². The van der Waals surface area contributed by atoms with Crippen molar-refractivity contribution in [3.63, 3.8) is 0 Å². The van der Waals surface area contributed by atoms with Crippen molar-refractivity contribution in [2.45, 2.75) is 0 Å². The summed E-state index contributed by atoms with van der Waals surface area (Å²) in [5, 5.41) is 0. The van der Waals surface area contributed by atoms with Gasteiger partial charge in [0, 0.05) is 44.6 Å². The summed E-state index contributed by atoms with van der Waals surface area (Å²) in [5.41, 5.74) is 5.81. The third kappa shape index (κ3) is 2.50. The summed E-state index contributed by atoms with van der Waals surface area (Å²) in [6, 6.07) is 1.95. The van der Waals surface area contributed by atoms with E-state index in [9.17, 15) is 0 Å². The van der Waals surface area contributed by atoms with Crippen LogP contribution in [0.15, 0.2) is 24.8 Å². The molecule has 3 heterocycles. The number of hydrogen-bond donors (Lipinski definition) is 1. The van der Waals surface area contributed by atoms with Crippen LogP contribution in [0.3, 0.4) is 0 Å². The zero-order valence-corrected chi connectivity index (χ0v) is 10.9. The molecule has 0 amide bonds. The summed E-state index contributed by atoms with van der Waals surface area (Å²) < 4.78 is 1.83. The molecule has 0 unspecified atom stereocenters. The van der Waals surface area contributed by atoms with Gasteiger partial charge in [-0.05, 0) is 7.05 Å². The first-order valence-corrected chi connectivity index (χ1v) is 6.29. The van der Waals surface area contributed by atoms with Crippen molar-refractivity contribution in [1.29, 1.82) is 0 Å². The van der Waals surface area contributed by atoms with E-state index in [1.807, 2.05) is 16.8 Å². The number of imidazole rings is 1. The Balaban J connectivity index is 1.90. The highest BCUT2D eigenvalue weighted by atomic mass is 15.3. The monoisotopic (exact) mass is 259 g/mol. The quantitative estimate of drug-likeness (QED) is 0.818. The lowest BCUT2D eigenvalue weighted by atomic mass is 10.3. The van der Waals surface area contributed by atoms with Crippen molar-refractivity contribution < 1.29 is 0 Å². The minimum atomic E-state index is 0.292. The molecule has 0 radical (unpaired) electrons. The molecule has 2 N–H and O–H groups in total. The van der Waals surface area contributed by atoms with E-state index in [0.717, 1.165) is 37.8 Å². The number of anilines is 2. The van der Waals surface area contributed by atoms with E-state index in [1.165, 1.54) is 0 Å². The van der Waals surface area contributed by atoms with Crippen LogP contribution in [-0.4, -0.2) is 57.6 Å². The molecule has 19 heavy (non-hydrogen) atoms. The van der Waals surface area contributed by atoms with Gasteiger partial charge in [-0.3, -0.25) is 4.57 Å². The van der Waals surface area contributed by atoms with Crippen LogP contribution in [0.5, 0.6) is 0 Å². The molecule has 7 nitrogen and oxygen atoms in total. The predicted octanol–water partition coefficient (Wildman–Crippen LogP) is -0.00370.